The molecule has 1 saturated heterocycles. The van der Waals surface area contributed by atoms with Crippen LogP contribution in [0.15, 0.2) is 90.1 Å². The van der Waals surface area contributed by atoms with Gasteiger partial charge in [-0.05, 0) is 42.3 Å². The normalized spacial score (nSPS) is 14.1. The summed E-state index contributed by atoms with van der Waals surface area (Å²) in [6.45, 7) is 5.21. The fraction of sp³-hybridized carbons (Fsp3) is 0.281. The number of methoxy groups -OCH3 is 1. The number of nitrogens with one attached hydrogen (secondary N) is 1. The van der Waals surface area contributed by atoms with Gasteiger partial charge in [-0.25, -0.2) is 14.4 Å². The number of halogens is 1. The van der Waals surface area contributed by atoms with Crippen LogP contribution < -0.4 is 15.1 Å². The van der Waals surface area contributed by atoms with Crippen molar-refractivity contribution in [1.29, 1.82) is 0 Å². The van der Waals surface area contributed by atoms with E-state index in [1.54, 1.807) is 13.2 Å². The van der Waals surface area contributed by atoms with Crippen LogP contribution in [0.2, 0.25) is 0 Å². The van der Waals surface area contributed by atoms with E-state index in [4.69, 9.17) is 14.7 Å². The lowest BCUT2D eigenvalue weighted by atomic mass is 10.1. The van der Waals surface area contributed by atoms with Gasteiger partial charge in [-0.2, -0.15) is 0 Å². The Hall–Kier alpha value is -3.95. The van der Waals surface area contributed by atoms with Crippen LogP contribution in [-0.4, -0.2) is 49.2 Å². The van der Waals surface area contributed by atoms with Crippen LogP contribution in [0.5, 0.6) is 0 Å². The molecule has 0 spiro atoms. The van der Waals surface area contributed by atoms with Crippen LogP contribution in [0.4, 0.5) is 15.9 Å². The van der Waals surface area contributed by atoms with Crippen molar-refractivity contribution in [3.8, 4) is 0 Å². The number of anilines is 2. The molecule has 5 rings (SSSR count). The maximum Gasteiger partial charge on any atom is 0.251 e. The number of thioether (sulfide) groups is 1. The number of carbonyl (C=O) groups is 1. The Bertz CT molecular complexity index is 1460. The summed E-state index contributed by atoms with van der Waals surface area (Å²) in [5.74, 6) is 1.15. The second-order valence-corrected chi connectivity index (χ2v) is 10.9. The number of para-hydroxylation sites is 1. The molecule has 1 atom stereocenters. The molecule has 2 heterocycles. The number of nitrogens with zero attached hydrogens (tertiary/aromatic N) is 4. The third kappa shape index (κ3) is 7.42. The van der Waals surface area contributed by atoms with Crippen molar-refractivity contribution in [3.63, 3.8) is 0 Å². The van der Waals surface area contributed by atoms with Crippen molar-refractivity contribution < 1.29 is 13.9 Å². The van der Waals surface area contributed by atoms with Crippen LogP contribution in [-0.2, 0) is 17.1 Å². The van der Waals surface area contributed by atoms with E-state index in [-0.39, 0.29) is 17.8 Å². The first-order valence-corrected chi connectivity index (χ1v) is 14.7. The van der Waals surface area contributed by atoms with E-state index in [1.165, 1.54) is 17.8 Å². The highest BCUT2D eigenvalue weighted by atomic mass is 32.2. The minimum atomic E-state index is -0.198. The van der Waals surface area contributed by atoms with Crippen molar-refractivity contribution >= 4 is 29.2 Å². The van der Waals surface area contributed by atoms with Gasteiger partial charge in [0.1, 0.15) is 11.6 Å². The van der Waals surface area contributed by atoms with Crippen LogP contribution in [0.25, 0.3) is 0 Å². The van der Waals surface area contributed by atoms with Crippen LogP contribution in [0.1, 0.15) is 40.1 Å². The molecule has 212 valence electrons. The Kier molecular flexibility index (Phi) is 9.48. The molecule has 0 aliphatic carbocycles. The number of ether oxygens (including phenoxy) is 1. The summed E-state index contributed by atoms with van der Waals surface area (Å²) in [6.07, 6.45) is 0. The SMILES string of the molecule is COCc1cc(N2CCN(c3ccccc3F)CC2)nc(SCc2cccc(C(=O)NC(C)c3ccccc3)c2)n1. The smallest absolute Gasteiger partial charge is 0.251 e. The van der Waals surface area contributed by atoms with Crippen molar-refractivity contribution in [2.24, 2.45) is 0 Å². The number of rotatable bonds is 10. The fourth-order valence-corrected chi connectivity index (χ4v) is 5.66. The van der Waals surface area contributed by atoms with E-state index in [9.17, 15) is 9.18 Å². The first-order chi connectivity index (χ1) is 20.0. The third-order valence-corrected chi connectivity index (χ3v) is 7.96. The zero-order valence-corrected chi connectivity index (χ0v) is 24.1. The van der Waals surface area contributed by atoms with Crippen molar-refractivity contribution in [2.75, 3.05) is 43.1 Å². The second-order valence-electron chi connectivity index (χ2n) is 9.95. The highest BCUT2D eigenvalue weighted by Crippen LogP contribution is 2.26. The highest BCUT2D eigenvalue weighted by molar-refractivity contribution is 7.98. The number of benzene rings is 3. The van der Waals surface area contributed by atoms with Gasteiger partial charge in [-0.3, -0.25) is 4.79 Å². The molecule has 41 heavy (non-hydrogen) atoms. The average molecular weight is 572 g/mol. The van der Waals surface area contributed by atoms with Gasteiger partial charge in [0.25, 0.3) is 5.91 Å². The molecule has 0 saturated carbocycles. The predicted octanol–water partition coefficient (Wildman–Crippen LogP) is 5.87. The topological polar surface area (TPSA) is 70.6 Å². The zero-order chi connectivity index (χ0) is 28.6. The molecule has 0 radical (unpaired) electrons. The van der Waals surface area contributed by atoms with Gasteiger partial charge in [0.2, 0.25) is 0 Å². The molecule has 3 aromatic carbocycles. The Morgan fingerprint density at radius 3 is 2.44 bits per heavy atom. The molecular weight excluding hydrogens is 537 g/mol. The number of carbonyl (C=O) groups excluding carboxylic acids is 1. The van der Waals surface area contributed by atoms with Gasteiger partial charge >= 0.3 is 0 Å². The van der Waals surface area contributed by atoms with Crippen molar-refractivity contribution in [2.45, 2.75) is 30.5 Å². The largest absolute Gasteiger partial charge is 0.378 e. The summed E-state index contributed by atoms with van der Waals surface area (Å²) in [5, 5.41) is 3.73. The van der Waals surface area contributed by atoms with Gasteiger partial charge in [0.15, 0.2) is 5.16 Å². The average Bonchev–Trinajstić information content (AvgIpc) is 3.01. The predicted molar refractivity (Wildman–Crippen MR) is 162 cm³/mol. The van der Waals surface area contributed by atoms with Crippen molar-refractivity contribution in [1.82, 2.24) is 15.3 Å². The maximum absolute atomic E-state index is 14.3. The van der Waals surface area contributed by atoms with Gasteiger partial charge < -0.3 is 19.9 Å². The second kappa shape index (κ2) is 13.6. The van der Waals surface area contributed by atoms with Gasteiger partial charge in [-0.15, -0.1) is 0 Å². The van der Waals surface area contributed by atoms with E-state index in [2.05, 4.69) is 15.1 Å². The summed E-state index contributed by atoms with van der Waals surface area (Å²) in [5.41, 5.74) is 4.13. The molecule has 4 aromatic rings. The number of aromatic nitrogens is 2. The Morgan fingerprint density at radius 2 is 1.68 bits per heavy atom. The van der Waals surface area contributed by atoms with Crippen LogP contribution in [0, 0.1) is 5.82 Å². The summed E-state index contributed by atoms with van der Waals surface area (Å²) in [4.78, 5) is 26.8. The first kappa shape index (κ1) is 28.6. The summed E-state index contributed by atoms with van der Waals surface area (Å²) < 4.78 is 19.7. The quantitative estimate of drug-likeness (QED) is 0.189. The van der Waals surface area contributed by atoms with E-state index in [0.29, 0.717) is 41.9 Å². The zero-order valence-electron chi connectivity index (χ0n) is 23.3. The molecule has 1 unspecified atom stereocenters. The van der Waals surface area contributed by atoms with E-state index < -0.39 is 0 Å². The summed E-state index contributed by atoms with van der Waals surface area (Å²) >= 11 is 1.53. The van der Waals surface area contributed by atoms with Crippen LogP contribution >= 0.6 is 11.8 Å². The number of piperazine rings is 1. The van der Waals surface area contributed by atoms with E-state index in [0.717, 1.165) is 35.7 Å². The molecule has 1 aliphatic rings. The molecule has 1 N–H and O–H groups in total. The summed E-state index contributed by atoms with van der Waals surface area (Å²) in [6, 6.07) is 26.3. The fourth-order valence-electron chi connectivity index (χ4n) is 4.85. The number of hydrogen-bond donors (Lipinski definition) is 1. The lowest BCUT2D eigenvalue weighted by molar-refractivity contribution is 0.0940. The van der Waals surface area contributed by atoms with Gasteiger partial charge in [0, 0.05) is 50.7 Å². The molecule has 1 aliphatic heterocycles. The van der Waals surface area contributed by atoms with Crippen molar-refractivity contribution in [3.05, 3.63) is 113 Å². The highest BCUT2D eigenvalue weighted by Gasteiger charge is 2.21. The van der Waals surface area contributed by atoms with E-state index in [1.807, 2.05) is 79.7 Å². The molecule has 9 heteroatoms. The summed E-state index contributed by atoms with van der Waals surface area (Å²) in [7, 11) is 1.65. The first-order valence-electron chi connectivity index (χ1n) is 13.7. The molecular formula is C32H34FN5O2S. The van der Waals surface area contributed by atoms with E-state index >= 15 is 0 Å². The third-order valence-electron chi connectivity index (χ3n) is 7.04. The Balaban J connectivity index is 1.24. The molecule has 7 nitrogen and oxygen atoms in total. The van der Waals surface area contributed by atoms with Gasteiger partial charge in [-0.1, -0.05) is 66.4 Å². The molecule has 1 amide bonds. The lowest BCUT2D eigenvalue weighted by Gasteiger charge is -2.37. The standard InChI is InChI=1S/C32H34FN5O2S/c1-23(25-10-4-3-5-11-25)34-31(39)26-12-8-9-24(19-26)22-41-32-35-27(21-40-2)20-30(36-32)38-17-15-37(16-18-38)29-14-7-6-13-28(29)33/h3-14,19-20,23H,15-18,21-22H2,1-2H3,(H,34,39). The number of hydrogen-bond acceptors (Lipinski definition) is 7. The minimum Gasteiger partial charge on any atom is -0.378 e. The monoisotopic (exact) mass is 571 g/mol. The number of amides is 1. The Labute approximate surface area is 244 Å². The maximum atomic E-state index is 14.3. The molecule has 1 fully saturated rings. The van der Waals surface area contributed by atoms with Gasteiger partial charge in [0.05, 0.1) is 24.0 Å². The molecule has 0 bridgehead atoms. The lowest BCUT2D eigenvalue weighted by Crippen LogP contribution is -2.47. The Morgan fingerprint density at radius 1 is 0.951 bits per heavy atom. The minimum absolute atomic E-state index is 0.0920. The molecule has 1 aromatic heterocycles. The van der Waals surface area contributed by atoms with Crippen LogP contribution in [0.3, 0.4) is 0 Å².